The van der Waals surface area contributed by atoms with Gasteiger partial charge in [-0.2, -0.15) is 0 Å². The van der Waals surface area contributed by atoms with Gasteiger partial charge < -0.3 is 29.4 Å². The van der Waals surface area contributed by atoms with E-state index < -0.39 is 45.6 Å². The van der Waals surface area contributed by atoms with Crippen LogP contribution in [0.1, 0.15) is 23.5 Å². The Morgan fingerprint density at radius 3 is 2.32 bits per heavy atom. The molecule has 2 heterocycles. The Bertz CT molecular complexity index is 1580. The fourth-order valence-electron chi connectivity index (χ4n) is 4.67. The van der Waals surface area contributed by atoms with Crippen molar-refractivity contribution in [3.63, 3.8) is 0 Å². The molecule has 0 unspecified atom stereocenters. The fourth-order valence-corrected chi connectivity index (χ4v) is 4.67. The minimum atomic E-state index is -1.19. The molecule has 1 amide bonds. The van der Waals surface area contributed by atoms with Gasteiger partial charge in [-0.05, 0) is 17.7 Å². The maximum Gasteiger partial charge on any atom is 0.223 e. The summed E-state index contributed by atoms with van der Waals surface area (Å²) in [7, 11) is 0. The van der Waals surface area contributed by atoms with Crippen LogP contribution in [-0.4, -0.2) is 52.4 Å². The van der Waals surface area contributed by atoms with E-state index in [2.05, 4.69) is 0 Å². The summed E-state index contributed by atoms with van der Waals surface area (Å²) < 4.78 is 39.5. The molecule has 1 aliphatic rings. The third-order valence-electron chi connectivity index (χ3n) is 6.63. The zero-order valence-corrected chi connectivity index (χ0v) is 20.0. The van der Waals surface area contributed by atoms with Gasteiger partial charge in [0, 0.05) is 42.6 Å². The van der Waals surface area contributed by atoms with Gasteiger partial charge in [0.2, 0.25) is 11.7 Å². The molecule has 0 aliphatic carbocycles. The number of ether oxygens (including phenoxy) is 1. The molecule has 3 N–H and O–H groups in total. The number of carbonyl (C=O) groups is 1. The average Bonchev–Trinajstić information content (AvgIpc) is 2.93. The number of phenols is 3. The van der Waals surface area contributed by atoms with Crippen LogP contribution >= 0.6 is 0 Å². The SMILES string of the molecule is O=C(C[C@H](c1ccc(F)c(F)c1)c1c(O)c(O)c(O)c2c(=O)cc(-c3ccccc3)oc12)N1CCOCC1. The van der Waals surface area contributed by atoms with Gasteiger partial charge in [-0.25, -0.2) is 8.78 Å². The number of hydrogen-bond donors (Lipinski definition) is 3. The molecular weight excluding hydrogens is 500 g/mol. The van der Waals surface area contributed by atoms with Gasteiger partial charge in [0.15, 0.2) is 28.6 Å². The summed E-state index contributed by atoms with van der Waals surface area (Å²) in [6, 6.07) is 12.7. The van der Waals surface area contributed by atoms with E-state index in [0.29, 0.717) is 31.9 Å². The van der Waals surface area contributed by atoms with Gasteiger partial charge in [0.05, 0.1) is 13.2 Å². The van der Waals surface area contributed by atoms with Gasteiger partial charge in [0.25, 0.3) is 0 Å². The van der Waals surface area contributed by atoms with Crippen molar-refractivity contribution in [2.24, 2.45) is 0 Å². The number of aromatic hydroxyl groups is 3. The van der Waals surface area contributed by atoms with E-state index >= 15 is 0 Å². The topological polar surface area (TPSA) is 120 Å². The molecule has 4 aromatic rings. The van der Waals surface area contributed by atoms with Gasteiger partial charge in [-0.3, -0.25) is 9.59 Å². The molecule has 10 heteroatoms. The van der Waals surface area contributed by atoms with Crippen molar-refractivity contribution >= 4 is 16.9 Å². The van der Waals surface area contributed by atoms with E-state index in [1.807, 2.05) is 0 Å². The molecule has 1 atom stereocenters. The van der Waals surface area contributed by atoms with Crippen LogP contribution in [0.3, 0.4) is 0 Å². The molecule has 1 fully saturated rings. The molecule has 0 bridgehead atoms. The Hall–Kier alpha value is -4.44. The quantitative estimate of drug-likeness (QED) is 0.335. The van der Waals surface area contributed by atoms with E-state index in [-0.39, 0.29) is 34.8 Å². The first-order valence-electron chi connectivity index (χ1n) is 11.9. The highest BCUT2D eigenvalue weighted by Gasteiger charge is 2.32. The van der Waals surface area contributed by atoms with Crippen LogP contribution in [0.4, 0.5) is 8.78 Å². The van der Waals surface area contributed by atoms with Crippen LogP contribution in [0.5, 0.6) is 17.2 Å². The Morgan fingerprint density at radius 2 is 1.63 bits per heavy atom. The van der Waals surface area contributed by atoms with Crippen LogP contribution in [-0.2, 0) is 9.53 Å². The Morgan fingerprint density at radius 1 is 0.921 bits per heavy atom. The predicted octanol–water partition coefficient (Wildman–Crippen LogP) is 4.24. The number of nitrogens with zero attached hydrogens (tertiary/aromatic N) is 1. The molecule has 0 radical (unpaired) electrons. The molecule has 196 valence electrons. The summed E-state index contributed by atoms with van der Waals surface area (Å²) >= 11 is 0. The van der Waals surface area contributed by atoms with E-state index in [9.17, 15) is 33.7 Å². The van der Waals surface area contributed by atoms with Crippen LogP contribution in [0.25, 0.3) is 22.3 Å². The summed E-state index contributed by atoms with van der Waals surface area (Å²) in [6.45, 7) is 1.27. The molecule has 1 aliphatic heterocycles. The molecule has 8 nitrogen and oxygen atoms in total. The second kappa shape index (κ2) is 10.1. The smallest absolute Gasteiger partial charge is 0.223 e. The number of hydrogen-bond acceptors (Lipinski definition) is 7. The first-order chi connectivity index (χ1) is 18.3. The van der Waals surface area contributed by atoms with E-state index in [4.69, 9.17) is 9.15 Å². The van der Waals surface area contributed by atoms with Crippen LogP contribution in [0.2, 0.25) is 0 Å². The number of rotatable bonds is 5. The second-order valence-electron chi connectivity index (χ2n) is 8.93. The van der Waals surface area contributed by atoms with Gasteiger partial charge in [-0.1, -0.05) is 36.4 Å². The first-order valence-corrected chi connectivity index (χ1v) is 11.9. The molecule has 5 rings (SSSR count). The zero-order chi connectivity index (χ0) is 27.0. The Kier molecular flexibility index (Phi) is 6.73. The highest BCUT2D eigenvalue weighted by Crippen LogP contribution is 2.49. The largest absolute Gasteiger partial charge is 0.504 e. The van der Waals surface area contributed by atoms with Crippen molar-refractivity contribution in [3.8, 4) is 28.6 Å². The summed E-state index contributed by atoms with van der Waals surface area (Å²) in [5.74, 6) is -6.55. The van der Waals surface area contributed by atoms with Gasteiger partial charge in [0.1, 0.15) is 16.7 Å². The maximum absolute atomic E-state index is 14.3. The standard InChI is InChI=1S/C28H23F2NO7/c29-18-7-6-16(12-19(18)30)17(13-22(33)31-8-10-37-11-9-31)23-25(34)27(36)26(35)24-20(32)14-21(38-28(23)24)15-4-2-1-3-5-15/h1-7,12,14,17,34-36H,8-11,13H2/t17-/m1/s1. The van der Waals surface area contributed by atoms with Crippen LogP contribution in [0.15, 0.2) is 63.8 Å². The molecule has 1 saturated heterocycles. The maximum atomic E-state index is 14.3. The first kappa shape index (κ1) is 25.2. The molecule has 1 aromatic heterocycles. The summed E-state index contributed by atoms with van der Waals surface area (Å²) in [5, 5.41) is 31.7. The van der Waals surface area contributed by atoms with Crippen molar-refractivity contribution < 1.29 is 38.0 Å². The zero-order valence-electron chi connectivity index (χ0n) is 20.0. The minimum absolute atomic E-state index is 0.0833. The molecule has 38 heavy (non-hydrogen) atoms. The predicted molar refractivity (Wildman–Crippen MR) is 133 cm³/mol. The van der Waals surface area contributed by atoms with E-state index in [1.165, 1.54) is 11.0 Å². The van der Waals surface area contributed by atoms with Crippen molar-refractivity contribution in [2.75, 3.05) is 26.3 Å². The molecule has 0 spiro atoms. The number of halogens is 2. The second-order valence-corrected chi connectivity index (χ2v) is 8.93. The number of amides is 1. The van der Waals surface area contributed by atoms with Crippen molar-refractivity contribution in [1.29, 1.82) is 0 Å². The van der Waals surface area contributed by atoms with E-state index in [0.717, 1.165) is 18.2 Å². The lowest BCUT2D eigenvalue weighted by molar-refractivity contribution is -0.135. The molecule has 3 aromatic carbocycles. The average molecular weight is 523 g/mol. The lowest BCUT2D eigenvalue weighted by Gasteiger charge is -2.29. The number of benzene rings is 3. The summed E-state index contributed by atoms with van der Waals surface area (Å²) in [4.78, 5) is 27.9. The van der Waals surface area contributed by atoms with Crippen LogP contribution < -0.4 is 5.43 Å². The fraction of sp³-hybridized carbons (Fsp3) is 0.214. The number of morpholine rings is 1. The summed E-state index contributed by atoms with van der Waals surface area (Å²) in [5.41, 5.74) is -0.646. The third-order valence-corrected chi connectivity index (χ3v) is 6.63. The van der Waals surface area contributed by atoms with Crippen molar-refractivity contribution in [3.05, 3.63) is 87.6 Å². The third kappa shape index (κ3) is 4.54. The molecular formula is C28H23F2NO7. The minimum Gasteiger partial charge on any atom is -0.504 e. The lowest BCUT2D eigenvalue weighted by atomic mass is 9.85. The summed E-state index contributed by atoms with van der Waals surface area (Å²) in [6.07, 6.45) is -0.350. The van der Waals surface area contributed by atoms with Crippen LogP contribution in [0, 0.1) is 11.6 Å². The Balaban J connectivity index is 1.77. The number of fused-ring (bicyclic) bond motifs is 1. The number of carbonyl (C=O) groups excluding carboxylic acids is 1. The molecule has 0 saturated carbocycles. The monoisotopic (exact) mass is 523 g/mol. The Labute approximate surface area is 214 Å². The number of phenolic OH excluding ortho intramolecular Hbond substituents is 3. The van der Waals surface area contributed by atoms with Gasteiger partial charge >= 0.3 is 0 Å². The van der Waals surface area contributed by atoms with Gasteiger partial charge in [-0.15, -0.1) is 0 Å². The van der Waals surface area contributed by atoms with Crippen molar-refractivity contribution in [1.82, 2.24) is 4.90 Å². The van der Waals surface area contributed by atoms with Crippen molar-refractivity contribution in [2.45, 2.75) is 12.3 Å². The normalized spacial score (nSPS) is 14.5. The highest BCUT2D eigenvalue weighted by atomic mass is 19.2. The van der Waals surface area contributed by atoms with E-state index in [1.54, 1.807) is 30.3 Å². The highest BCUT2D eigenvalue weighted by molar-refractivity contribution is 5.94. The lowest BCUT2D eigenvalue weighted by Crippen LogP contribution is -2.41.